The van der Waals surface area contributed by atoms with Crippen molar-refractivity contribution in [3.05, 3.63) is 94.5 Å². The van der Waals surface area contributed by atoms with Crippen molar-refractivity contribution in [2.45, 2.75) is 13.3 Å². The number of benzene rings is 3. The fourth-order valence-corrected chi connectivity index (χ4v) is 2.89. The first-order chi connectivity index (χ1) is 14.6. The molecule has 0 unspecified atom stereocenters. The van der Waals surface area contributed by atoms with Gasteiger partial charge < -0.3 is 9.47 Å². The molecule has 30 heavy (non-hydrogen) atoms. The van der Waals surface area contributed by atoms with E-state index in [1.165, 1.54) is 6.21 Å². The highest BCUT2D eigenvalue weighted by Crippen LogP contribution is 2.22. The largest absolute Gasteiger partial charge is 0.493 e. The highest BCUT2D eigenvalue weighted by atomic mass is 35.5. The molecule has 0 aromatic heterocycles. The van der Waals surface area contributed by atoms with Crippen molar-refractivity contribution in [3.8, 4) is 11.5 Å². The Morgan fingerprint density at radius 3 is 2.43 bits per heavy atom. The molecule has 154 valence electrons. The average molecular weight is 423 g/mol. The van der Waals surface area contributed by atoms with E-state index >= 15 is 0 Å². The van der Waals surface area contributed by atoms with Gasteiger partial charge in [0, 0.05) is 22.6 Å². The lowest BCUT2D eigenvalue weighted by atomic mass is 10.2. The van der Waals surface area contributed by atoms with Gasteiger partial charge in [-0.1, -0.05) is 48.0 Å². The monoisotopic (exact) mass is 422 g/mol. The van der Waals surface area contributed by atoms with Crippen LogP contribution in [0, 0.1) is 6.92 Å². The summed E-state index contributed by atoms with van der Waals surface area (Å²) < 4.78 is 11.6. The summed E-state index contributed by atoms with van der Waals surface area (Å²) in [5, 5.41) is 4.58. The summed E-state index contributed by atoms with van der Waals surface area (Å²) in [4.78, 5) is 12.1. The number of nitrogens with zero attached hydrogens (tertiary/aromatic N) is 1. The molecule has 0 aliphatic heterocycles. The van der Waals surface area contributed by atoms with Gasteiger partial charge in [0.15, 0.2) is 0 Å². The predicted octanol–water partition coefficient (Wildman–Crippen LogP) is 5.26. The van der Waals surface area contributed by atoms with Crippen molar-refractivity contribution in [3.63, 3.8) is 0 Å². The van der Waals surface area contributed by atoms with Crippen LogP contribution in [0.5, 0.6) is 11.5 Å². The van der Waals surface area contributed by atoms with Crippen molar-refractivity contribution in [2.24, 2.45) is 5.10 Å². The molecule has 0 spiro atoms. The number of hydrogen-bond donors (Lipinski definition) is 1. The van der Waals surface area contributed by atoms with Crippen LogP contribution in [0.25, 0.3) is 0 Å². The Kier molecular flexibility index (Phi) is 7.86. The third-order valence-electron chi connectivity index (χ3n) is 4.27. The van der Waals surface area contributed by atoms with Crippen LogP contribution in [0.1, 0.15) is 27.9 Å². The smallest absolute Gasteiger partial charge is 0.271 e. The van der Waals surface area contributed by atoms with Gasteiger partial charge in [-0.2, -0.15) is 5.10 Å². The zero-order valence-corrected chi connectivity index (χ0v) is 17.4. The lowest BCUT2D eigenvalue weighted by molar-refractivity contribution is 0.0955. The molecule has 5 nitrogen and oxygen atoms in total. The first-order valence-electron chi connectivity index (χ1n) is 9.63. The highest BCUT2D eigenvalue weighted by molar-refractivity contribution is 6.30. The molecule has 0 heterocycles. The van der Waals surface area contributed by atoms with Crippen LogP contribution in [0.15, 0.2) is 77.9 Å². The molecule has 3 aromatic rings. The third-order valence-corrected chi connectivity index (χ3v) is 4.51. The Balaban J connectivity index is 1.52. The quantitative estimate of drug-likeness (QED) is 0.290. The van der Waals surface area contributed by atoms with Crippen molar-refractivity contribution < 1.29 is 14.3 Å². The Morgan fingerprint density at radius 1 is 0.967 bits per heavy atom. The topological polar surface area (TPSA) is 59.9 Å². The van der Waals surface area contributed by atoms with Crippen molar-refractivity contribution >= 4 is 23.7 Å². The highest BCUT2D eigenvalue weighted by Gasteiger charge is 2.05. The fraction of sp³-hybridized carbons (Fsp3) is 0.167. The van der Waals surface area contributed by atoms with Crippen LogP contribution in [0.4, 0.5) is 0 Å². The second-order valence-electron chi connectivity index (χ2n) is 6.56. The predicted molar refractivity (Wildman–Crippen MR) is 120 cm³/mol. The summed E-state index contributed by atoms with van der Waals surface area (Å²) in [6.07, 6.45) is 2.24. The minimum absolute atomic E-state index is 0.287. The first kappa shape index (κ1) is 21.4. The van der Waals surface area contributed by atoms with Crippen LogP contribution in [0.3, 0.4) is 0 Å². The van der Waals surface area contributed by atoms with Crippen LogP contribution >= 0.6 is 11.6 Å². The summed E-state index contributed by atoms with van der Waals surface area (Å²) in [5.74, 6) is 1.23. The molecule has 6 heteroatoms. The van der Waals surface area contributed by atoms with Gasteiger partial charge in [0.1, 0.15) is 11.5 Å². The number of halogens is 1. The minimum Gasteiger partial charge on any atom is -0.493 e. The molecule has 0 bridgehead atoms. The fourth-order valence-electron chi connectivity index (χ4n) is 2.71. The maximum atomic E-state index is 12.1. The van der Waals surface area contributed by atoms with E-state index in [2.05, 4.69) is 10.5 Å². The normalized spacial score (nSPS) is 10.7. The van der Waals surface area contributed by atoms with Gasteiger partial charge in [-0.15, -0.1) is 0 Å². The van der Waals surface area contributed by atoms with Gasteiger partial charge in [0.25, 0.3) is 5.91 Å². The molecule has 3 rings (SSSR count). The zero-order chi connectivity index (χ0) is 21.2. The third kappa shape index (κ3) is 6.36. The van der Waals surface area contributed by atoms with E-state index in [1.54, 1.807) is 42.5 Å². The molecule has 1 amide bonds. The number of carbonyl (C=O) groups excluding carboxylic acids is 1. The Labute approximate surface area is 181 Å². The van der Waals surface area contributed by atoms with Gasteiger partial charge in [-0.05, 0) is 48.9 Å². The average Bonchev–Trinajstić information content (AvgIpc) is 2.76. The van der Waals surface area contributed by atoms with Gasteiger partial charge >= 0.3 is 0 Å². The molecule has 0 atom stereocenters. The maximum absolute atomic E-state index is 12.1. The summed E-state index contributed by atoms with van der Waals surface area (Å²) in [7, 11) is 0. The lowest BCUT2D eigenvalue weighted by Crippen LogP contribution is -2.17. The van der Waals surface area contributed by atoms with Gasteiger partial charge in [-0.25, -0.2) is 5.43 Å². The second-order valence-corrected chi connectivity index (χ2v) is 7.00. The molecular formula is C24H23ClN2O3. The number of hydrogen-bond acceptors (Lipinski definition) is 4. The Morgan fingerprint density at radius 2 is 1.67 bits per heavy atom. The van der Waals surface area contributed by atoms with Crippen LogP contribution in [0.2, 0.25) is 5.02 Å². The molecule has 0 fully saturated rings. The number of amides is 1. The standard InChI is InChI=1S/C24H23ClN2O3/c1-18-8-5-6-11-22(18)29-14-7-15-30-23-13-12-21(25)16-20(23)17-26-27-24(28)19-9-3-2-4-10-19/h2-6,8-13,16-17H,7,14-15H2,1H3,(H,27,28). The molecular weight excluding hydrogens is 400 g/mol. The Bertz CT molecular complexity index is 1010. The number of hydrazone groups is 1. The lowest BCUT2D eigenvalue weighted by Gasteiger charge is -2.11. The molecule has 0 saturated heterocycles. The SMILES string of the molecule is Cc1ccccc1OCCCOc1ccc(Cl)cc1C=NNC(=O)c1ccccc1. The second kappa shape index (κ2) is 11.0. The van der Waals surface area contributed by atoms with Gasteiger partial charge in [-0.3, -0.25) is 4.79 Å². The molecule has 0 radical (unpaired) electrons. The van der Waals surface area contributed by atoms with Crippen LogP contribution in [-0.2, 0) is 0 Å². The van der Waals surface area contributed by atoms with Crippen LogP contribution < -0.4 is 14.9 Å². The number of aryl methyl sites for hydroxylation is 1. The van der Waals surface area contributed by atoms with E-state index in [0.29, 0.717) is 35.1 Å². The summed E-state index contributed by atoms with van der Waals surface area (Å²) >= 11 is 6.10. The van der Waals surface area contributed by atoms with Crippen molar-refractivity contribution in [1.29, 1.82) is 0 Å². The van der Waals surface area contributed by atoms with Crippen LogP contribution in [-0.4, -0.2) is 25.3 Å². The minimum atomic E-state index is -0.287. The van der Waals surface area contributed by atoms with Crippen molar-refractivity contribution in [2.75, 3.05) is 13.2 Å². The van der Waals surface area contributed by atoms with E-state index in [0.717, 1.165) is 17.7 Å². The van der Waals surface area contributed by atoms with E-state index in [-0.39, 0.29) is 5.91 Å². The number of nitrogens with one attached hydrogen (secondary N) is 1. The Hall–Kier alpha value is -3.31. The number of para-hydroxylation sites is 1. The van der Waals surface area contributed by atoms with E-state index in [4.69, 9.17) is 21.1 Å². The van der Waals surface area contributed by atoms with E-state index in [9.17, 15) is 4.79 Å². The van der Waals surface area contributed by atoms with Gasteiger partial charge in [0.2, 0.25) is 0 Å². The number of carbonyl (C=O) groups is 1. The summed E-state index contributed by atoms with van der Waals surface area (Å²) in [6.45, 7) is 3.04. The molecule has 0 aliphatic carbocycles. The summed E-state index contributed by atoms with van der Waals surface area (Å²) in [6, 6.07) is 22.1. The van der Waals surface area contributed by atoms with Gasteiger partial charge in [0.05, 0.1) is 19.4 Å². The maximum Gasteiger partial charge on any atom is 0.271 e. The van der Waals surface area contributed by atoms with Crippen molar-refractivity contribution in [1.82, 2.24) is 5.43 Å². The zero-order valence-electron chi connectivity index (χ0n) is 16.7. The van der Waals surface area contributed by atoms with E-state index < -0.39 is 0 Å². The summed E-state index contributed by atoms with van der Waals surface area (Å²) in [5.41, 5.74) is 4.82. The number of rotatable bonds is 9. The first-order valence-corrected chi connectivity index (χ1v) is 10.0. The van der Waals surface area contributed by atoms with E-state index in [1.807, 2.05) is 37.3 Å². The molecule has 3 aromatic carbocycles. The molecule has 0 saturated carbocycles. The number of ether oxygens (including phenoxy) is 2. The molecule has 0 aliphatic rings. The molecule has 1 N–H and O–H groups in total.